The standard InChI is InChI=1S/C11H20N4O/c1-7(2)9(12)6-13-11-14-8(3)5-10(15-11)16-4/h5,7,9H,6,12H2,1-4H3,(H,13,14,15). The van der Waals surface area contributed by atoms with E-state index >= 15 is 0 Å². The van der Waals surface area contributed by atoms with Gasteiger partial charge in [-0.1, -0.05) is 13.8 Å². The highest BCUT2D eigenvalue weighted by Crippen LogP contribution is 2.11. The molecule has 0 aromatic carbocycles. The molecular weight excluding hydrogens is 204 g/mol. The Labute approximate surface area is 96.4 Å². The maximum Gasteiger partial charge on any atom is 0.226 e. The van der Waals surface area contributed by atoms with Crippen LogP contribution in [0.15, 0.2) is 6.07 Å². The Morgan fingerprint density at radius 2 is 2.12 bits per heavy atom. The molecule has 0 bridgehead atoms. The first-order valence-corrected chi connectivity index (χ1v) is 5.42. The first-order valence-electron chi connectivity index (χ1n) is 5.42. The Hall–Kier alpha value is -1.36. The lowest BCUT2D eigenvalue weighted by molar-refractivity contribution is 0.397. The molecule has 1 aromatic rings. The Balaban J connectivity index is 2.63. The van der Waals surface area contributed by atoms with Crippen molar-refractivity contribution in [2.45, 2.75) is 26.8 Å². The highest BCUT2D eigenvalue weighted by atomic mass is 16.5. The van der Waals surface area contributed by atoms with Crippen LogP contribution >= 0.6 is 0 Å². The van der Waals surface area contributed by atoms with Crippen LogP contribution in [-0.4, -0.2) is 29.7 Å². The molecule has 0 fully saturated rings. The van der Waals surface area contributed by atoms with Crippen LogP contribution < -0.4 is 15.8 Å². The van der Waals surface area contributed by atoms with Crippen LogP contribution in [0.3, 0.4) is 0 Å². The Morgan fingerprint density at radius 3 is 2.69 bits per heavy atom. The van der Waals surface area contributed by atoms with Crippen molar-refractivity contribution in [1.29, 1.82) is 0 Å². The third-order valence-corrected chi connectivity index (χ3v) is 2.39. The number of aryl methyl sites for hydroxylation is 1. The van der Waals surface area contributed by atoms with Gasteiger partial charge in [-0.3, -0.25) is 0 Å². The maximum atomic E-state index is 5.92. The molecule has 3 N–H and O–H groups in total. The van der Waals surface area contributed by atoms with Gasteiger partial charge in [-0.15, -0.1) is 0 Å². The molecule has 1 heterocycles. The van der Waals surface area contributed by atoms with Crippen molar-refractivity contribution in [2.24, 2.45) is 11.7 Å². The van der Waals surface area contributed by atoms with Crippen LogP contribution in [0, 0.1) is 12.8 Å². The van der Waals surface area contributed by atoms with Crippen molar-refractivity contribution in [3.8, 4) is 5.88 Å². The number of methoxy groups -OCH3 is 1. The summed E-state index contributed by atoms with van der Waals surface area (Å²) in [7, 11) is 1.59. The molecule has 1 rings (SSSR count). The van der Waals surface area contributed by atoms with E-state index in [2.05, 4.69) is 29.1 Å². The van der Waals surface area contributed by atoms with Crippen LogP contribution in [0.5, 0.6) is 5.88 Å². The summed E-state index contributed by atoms with van der Waals surface area (Å²) in [6.07, 6.45) is 0. The molecule has 0 aliphatic rings. The van der Waals surface area contributed by atoms with E-state index in [-0.39, 0.29) is 6.04 Å². The SMILES string of the molecule is COc1cc(C)nc(NCC(N)C(C)C)n1. The monoisotopic (exact) mass is 224 g/mol. The fraction of sp³-hybridized carbons (Fsp3) is 0.636. The summed E-state index contributed by atoms with van der Waals surface area (Å²) in [5.41, 5.74) is 6.79. The van der Waals surface area contributed by atoms with Crippen molar-refractivity contribution in [3.63, 3.8) is 0 Å². The minimum absolute atomic E-state index is 0.0927. The zero-order chi connectivity index (χ0) is 12.1. The molecule has 0 aliphatic heterocycles. The average molecular weight is 224 g/mol. The van der Waals surface area contributed by atoms with Gasteiger partial charge in [-0.2, -0.15) is 4.98 Å². The quantitative estimate of drug-likeness (QED) is 0.786. The summed E-state index contributed by atoms with van der Waals surface area (Å²) in [5, 5.41) is 3.11. The van der Waals surface area contributed by atoms with Gasteiger partial charge in [-0.05, 0) is 12.8 Å². The lowest BCUT2D eigenvalue weighted by atomic mass is 10.1. The van der Waals surface area contributed by atoms with Gasteiger partial charge in [0.05, 0.1) is 7.11 Å². The molecule has 0 spiro atoms. The number of anilines is 1. The molecule has 1 aromatic heterocycles. The van der Waals surface area contributed by atoms with E-state index in [1.807, 2.05) is 6.92 Å². The van der Waals surface area contributed by atoms with Gasteiger partial charge < -0.3 is 15.8 Å². The molecule has 0 saturated carbocycles. The predicted octanol–water partition coefficient (Wildman–Crippen LogP) is 1.19. The summed E-state index contributed by atoms with van der Waals surface area (Å²) in [4.78, 5) is 8.44. The van der Waals surface area contributed by atoms with E-state index in [9.17, 15) is 0 Å². The molecule has 90 valence electrons. The number of rotatable bonds is 5. The van der Waals surface area contributed by atoms with Crippen LogP contribution in [0.1, 0.15) is 19.5 Å². The molecule has 1 unspecified atom stereocenters. The molecule has 0 amide bonds. The third-order valence-electron chi connectivity index (χ3n) is 2.39. The molecule has 16 heavy (non-hydrogen) atoms. The van der Waals surface area contributed by atoms with Crippen molar-refractivity contribution in [3.05, 3.63) is 11.8 Å². The number of ether oxygens (including phenoxy) is 1. The topological polar surface area (TPSA) is 73.1 Å². The van der Waals surface area contributed by atoms with Crippen LogP contribution in [-0.2, 0) is 0 Å². The normalized spacial score (nSPS) is 12.6. The second-order valence-corrected chi connectivity index (χ2v) is 4.16. The van der Waals surface area contributed by atoms with Crippen LogP contribution in [0.25, 0.3) is 0 Å². The van der Waals surface area contributed by atoms with Gasteiger partial charge >= 0.3 is 0 Å². The Bertz CT molecular complexity index is 341. The highest BCUT2D eigenvalue weighted by Gasteiger charge is 2.08. The number of nitrogens with one attached hydrogen (secondary N) is 1. The number of hydrogen-bond acceptors (Lipinski definition) is 5. The zero-order valence-electron chi connectivity index (χ0n) is 10.3. The van der Waals surface area contributed by atoms with E-state index in [4.69, 9.17) is 10.5 Å². The number of nitrogens with zero attached hydrogens (tertiary/aromatic N) is 2. The van der Waals surface area contributed by atoms with Gasteiger partial charge in [0.25, 0.3) is 0 Å². The summed E-state index contributed by atoms with van der Waals surface area (Å²) < 4.78 is 5.07. The minimum Gasteiger partial charge on any atom is -0.481 e. The van der Waals surface area contributed by atoms with Gasteiger partial charge in [0.2, 0.25) is 11.8 Å². The highest BCUT2D eigenvalue weighted by molar-refractivity contribution is 5.30. The van der Waals surface area contributed by atoms with Crippen molar-refractivity contribution in [1.82, 2.24) is 9.97 Å². The summed E-state index contributed by atoms with van der Waals surface area (Å²) in [6, 6.07) is 1.88. The lowest BCUT2D eigenvalue weighted by Crippen LogP contribution is -2.34. The van der Waals surface area contributed by atoms with E-state index < -0.39 is 0 Å². The third kappa shape index (κ3) is 3.66. The summed E-state index contributed by atoms with van der Waals surface area (Å²) in [6.45, 7) is 6.73. The molecule has 0 saturated heterocycles. The van der Waals surface area contributed by atoms with Crippen LogP contribution in [0.2, 0.25) is 0 Å². The fourth-order valence-corrected chi connectivity index (χ4v) is 1.17. The first kappa shape index (κ1) is 12.7. The molecule has 5 heteroatoms. The predicted molar refractivity (Wildman–Crippen MR) is 64.6 cm³/mol. The average Bonchev–Trinajstić information content (AvgIpc) is 2.24. The molecule has 0 aliphatic carbocycles. The first-order chi connectivity index (χ1) is 7.52. The van der Waals surface area contributed by atoms with E-state index in [1.54, 1.807) is 13.2 Å². The number of hydrogen-bond donors (Lipinski definition) is 2. The fourth-order valence-electron chi connectivity index (χ4n) is 1.17. The lowest BCUT2D eigenvalue weighted by Gasteiger charge is -2.16. The Morgan fingerprint density at radius 1 is 1.44 bits per heavy atom. The van der Waals surface area contributed by atoms with Crippen molar-refractivity contribution >= 4 is 5.95 Å². The minimum atomic E-state index is 0.0927. The second-order valence-electron chi connectivity index (χ2n) is 4.16. The molecular formula is C11H20N4O. The van der Waals surface area contributed by atoms with E-state index in [1.165, 1.54) is 0 Å². The number of nitrogens with two attached hydrogens (primary N) is 1. The Kier molecular flexibility index (Phi) is 4.49. The van der Waals surface area contributed by atoms with Gasteiger partial charge in [0, 0.05) is 24.3 Å². The van der Waals surface area contributed by atoms with Gasteiger partial charge in [0.15, 0.2) is 0 Å². The maximum absolute atomic E-state index is 5.92. The van der Waals surface area contributed by atoms with Crippen molar-refractivity contribution < 1.29 is 4.74 Å². The molecule has 1 atom stereocenters. The van der Waals surface area contributed by atoms with Crippen molar-refractivity contribution in [2.75, 3.05) is 19.0 Å². The molecule has 0 radical (unpaired) electrons. The summed E-state index contributed by atoms with van der Waals surface area (Å²) in [5.74, 6) is 1.56. The number of aromatic nitrogens is 2. The largest absolute Gasteiger partial charge is 0.481 e. The second kappa shape index (κ2) is 5.65. The van der Waals surface area contributed by atoms with Crippen LogP contribution in [0.4, 0.5) is 5.95 Å². The summed E-state index contributed by atoms with van der Waals surface area (Å²) >= 11 is 0. The smallest absolute Gasteiger partial charge is 0.226 e. The van der Waals surface area contributed by atoms with Gasteiger partial charge in [0.1, 0.15) is 0 Å². The van der Waals surface area contributed by atoms with Gasteiger partial charge in [-0.25, -0.2) is 4.98 Å². The molecule has 5 nitrogen and oxygen atoms in total. The van der Waals surface area contributed by atoms with E-state index in [0.717, 1.165) is 5.69 Å². The zero-order valence-corrected chi connectivity index (χ0v) is 10.3. The van der Waals surface area contributed by atoms with E-state index in [0.29, 0.717) is 24.3 Å².